The van der Waals surface area contributed by atoms with Crippen molar-refractivity contribution < 1.29 is 14.3 Å². The molecule has 0 aliphatic heterocycles. The molecule has 0 radical (unpaired) electrons. The average Bonchev–Trinajstić information content (AvgIpc) is 2.78. The van der Waals surface area contributed by atoms with Crippen LogP contribution in [0.1, 0.15) is 38.1 Å². The highest BCUT2D eigenvalue weighted by molar-refractivity contribution is 8.76. The monoisotopic (exact) mass is 494 g/mol. The van der Waals surface area contributed by atoms with Crippen LogP contribution in [0.4, 0.5) is 0 Å². The van der Waals surface area contributed by atoms with Crippen LogP contribution in [0.25, 0.3) is 0 Å². The van der Waals surface area contributed by atoms with Crippen LogP contribution >= 0.6 is 21.6 Å². The van der Waals surface area contributed by atoms with E-state index in [2.05, 4.69) is 47.0 Å². The first-order valence-corrected chi connectivity index (χ1v) is 13.5. The van der Waals surface area contributed by atoms with Gasteiger partial charge in [0.05, 0.1) is 18.5 Å². The molecule has 7 nitrogen and oxygen atoms in total. The van der Waals surface area contributed by atoms with Crippen LogP contribution in [0.15, 0.2) is 29.2 Å². The number of rotatable bonds is 15. The normalized spacial score (nSPS) is 11.7. The molecule has 0 heterocycles. The zero-order valence-corrected chi connectivity index (χ0v) is 22.0. The Bertz CT molecular complexity index is 761. The molecule has 1 rings (SSSR count). The van der Waals surface area contributed by atoms with Crippen LogP contribution < -0.4 is 21.3 Å². The van der Waals surface area contributed by atoms with Crippen molar-refractivity contribution in [3.8, 4) is 11.8 Å². The fraction of sp³-hybridized carbons (Fsp3) is 0.583. The maximum absolute atomic E-state index is 12.1. The van der Waals surface area contributed by atoms with Crippen molar-refractivity contribution in [2.75, 3.05) is 46.4 Å². The molecule has 0 aliphatic carbocycles. The third kappa shape index (κ3) is 14.2. The Morgan fingerprint density at radius 1 is 1.03 bits per heavy atom. The molecule has 1 atom stereocenters. The second kappa shape index (κ2) is 17.7. The van der Waals surface area contributed by atoms with Gasteiger partial charge in [0.2, 0.25) is 5.91 Å². The summed E-state index contributed by atoms with van der Waals surface area (Å²) in [7, 11) is 5.27. The Balaban J connectivity index is 2.29. The summed E-state index contributed by atoms with van der Waals surface area (Å²) in [6.45, 7) is 11.2. The SMILES string of the molecule is CNCCNC(=O)c1ccc(SSC(NCCOCC(=O)NCC#CC(C)C)C(C)C)cc1. The summed E-state index contributed by atoms with van der Waals surface area (Å²) < 4.78 is 5.46. The van der Waals surface area contributed by atoms with Gasteiger partial charge in [0.25, 0.3) is 5.91 Å². The first-order valence-electron chi connectivity index (χ1n) is 11.3. The standard InChI is InChI=1S/C24H38N4O3S2/c1-18(2)7-6-12-26-22(29)17-31-16-15-28-24(19(3)4)33-32-21-10-8-20(9-11-21)23(30)27-14-13-25-5/h8-11,18-19,24-25,28H,12-17H2,1-5H3,(H,26,29)(H,27,30). The number of ether oxygens (including phenoxy) is 1. The molecule has 1 aromatic carbocycles. The summed E-state index contributed by atoms with van der Waals surface area (Å²) in [6, 6.07) is 7.63. The minimum Gasteiger partial charge on any atom is -0.370 e. The molecule has 1 unspecified atom stereocenters. The molecule has 0 saturated heterocycles. The van der Waals surface area contributed by atoms with E-state index < -0.39 is 0 Å². The van der Waals surface area contributed by atoms with Gasteiger partial charge >= 0.3 is 0 Å². The molecule has 33 heavy (non-hydrogen) atoms. The van der Waals surface area contributed by atoms with Crippen molar-refractivity contribution in [2.24, 2.45) is 11.8 Å². The lowest BCUT2D eigenvalue weighted by Crippen LogP contribution is -2.34. The van der Waals surface area contributed by atoms with Crippen LogP contribution in [-0.2, 0) is 9.53 Å². The van der Waals surface area contributed by atoms with Gasteiger partial charge in [0, 0.05) is 36.0 Å². The van der Waals surface area contributed by atoms with Crippen molar-refractivity contribution in [1.29, 1.82) is 0 Å². The maximum atomic E-state index is 12.1. The van der Waals surface area contributed by atoms with Crippen LogP contribution in [0, 0.1) is 23.7 Å². The predicted octanol–water partition coefficient (Wildman–Crippen LogP) is 2.74. The first kappa shape index (κ1) is 29.3. The van der Waals surface area contributed by atoms with E-state index in [9.17, 15) is 9.59 Å². The zero-order chi connectivity index (χ0) is 24.5. The Kier molecular flexibility index (Phi) is 15.8. The summed E-state index contributed by atoms with van der Waals surface area (Å²) in [6.07, 6.45) is 0. The molecule has 0 spiro atoms. The van der Waals surface area contributed by atoms with Gasteiger partial charge in [-0.05, 0) is 37.2 Å². The van der Waals surface area contributed by atoms with E-state index >= 15 is 0 Å². The molecular formula is C24H38N4O3S2. The highest BCUT2D eigenvalue weighted by Gasteiger charge is 2.14. The molecule has 2 amide bonds. The predicted molar refractivity (Wildman–Crippen MR) is 139 cm³/mol. The van der Waals surface area contributed by atoms with Crippen molar-refractivity contribution in [2.45, 2.75) is 38.0 Å². The second-order valence-corrected chi connectivity index (χ2v) is 10.4. The maximum Gasteiger partial charge on any atom is 0.251 e. The largest absolute Gasteiger partial charge is 0.370 e. The van der Waals surface area contributed by atoms with Gasteiger partial charge in [-0.2, -0.15) is 0 Å². The lowest BCUT2D eigenvalue weighted by Gasteiger charge is -2.21. The lowest BCUT2D eigenvalue weighted by molar-refractivity contribution is -0.125. The Morgan fingerprint density at radius 2 is 1.76 bits per heavy atom. The van der Waals surface area contributed by atoms with E-state index in [-0.39, 0.29) is 23.8 Å². The molecule has 0 aliphatic rings. The number of carbonyl (C=O) groups is 2. The van der Waals surface area contributed by atoms with E-state index in [1.807, 2.05) is 45.2 Å². The molecule has 0 aromatic heterocycles. The molecule has 0 saturated carbocycles. The van der Waals surface area contributed by atoms with Crippen LogP contribution in [0.3, 0.4) is 0 Å². The quantitative estimate of drug-likeness (QED) is 0.129. The lowest BCUT2D eigenvalue weighted by atomic mass is 10.2. The fourth-order valence-corrected chi connectivity index (χ4v) is 5.16. The van der Waals surface area contributed by atoms with Crippen LogP contribution in [0.2, 0.25) is 0 Å². The third-order valence-electron chi connectivity index (χ3n) is 4.22. The van der Waals surface area contributed by atoms with Gasteiger partial charge in [0.1, 0.15) is 6.61 Å². The smallest absolute Gasteiger partial charge is 0.251 e. The van der Waals surface area contributed by atoms with Gasteiger partial charge in [-0.25, -0.2) is 0 Å². The van der Waals surface area contributed by atoms with Crippen LogP contribution in [0.5, 0.6) is 0 Å². The molecule has 9 heteroatoms. The highest BCUT2D eigenvalue weighted by atomic mass is 33.1. The summed E-state index contributed by atoms with van der Waals surface area (Å²) >= 11 is 0. The van der Waals surface area contributed by atoms with E-state index in [0.717, 1.165) is 11.4 Å². The number of hydrogen-bond donors (Lipinski definition) is 4. The van der Waals surface area contributed by atoms with Gasteiger partial charge in [-0.3, -0.25) is 9.59 Å². The summed E-state index contributed by atoms with van der Waals surface area (Å²) in [5, 5.41) is 12.3. The van der Waals surface area contributed by atoms with E-state index in [1.165, 1.54) is 0 Å². The molecule has 0 bridgehead atoms. The van der Waals surface area contributed by atoms with Gasteiger partial charge in [-0.1, -0.05) is 61.1 Å². The minimum absolute atomic E-state index is 0.0359. The third-order valence-corrected chi connectivity index (χ3v) is 7.19. The van der Waals surface area contributed by atoms with Crippen LogP contribution in [-0.4, -0.2) is 63.6 Å². The van der Waals surface area contributed by atoms with Gasteiger partial charge < -0.3 is 26.0 Å². The molecule has 4 N–H and O–H groups in total. The fourth-order valence-electron chi connectivity index (χ4n) is 2.44. The Labute approximate surface area is 206 Å². The Hall–Kier alpha value is -1.70. The molecule has 184 valence electrons. The second-order valence-electron chi connectivity index (χ2n) is 7.99. The van der Waals surface area contributed by atoms with Crippen molar-refractivity contribution in [1.82, 2.24) is 21.3 Å². The number of nitrogens with one attached hydrogen (secondary N) is 4. The summed E-state index contributed by atoms with van der Waals surface area (Å²) in [5.74, 6) is 6.42. The first-order chi connectivity index (χ1) is 15.8. The topological polar surface area (TPSA) is 91.5 Å². The number of hydrogen-bond acceptors (Lipinski definition) is 7. The molecular weight excluding hydrogens is 456 g/mol. The molecule has 0 fully saturated rings. The van der Waals surface area contributed by atoms with E-state index in [1.54, 1.807) is 21.6 Å². The minimum atomic E-state index is -0.155. The number of amides is 2. The van der Waals surface area contributed by atoms with Crippen molar-refractivity contribution in [3.63, 3.8) is 0 Å². The van der Waals surface area contributed by atoms with E-state index in [4.69, 9.17) is 4.74 Å². The van der Waals surface area contributed by atoms with Gasteiger partial charge in [-0.15, -0.1) is 0 Å². The highest BCUT2D eigenvalue weighted by Crippen LogP contribution is 2.36. The van der Waals surface area contributed by atoms with E-state index in [0.29, 0.717) is 43.6 Å². The van der Waals surface area contributed by atoms with Crippen molar-refractivity contribution >= 4 is 33.4 Å². The summed E-state index contributed by atoms with van der Waals surface area (Å²) in [5.41, 5.74) is 0.659. The Morgan fingerprint density at radius 3 is 2.39 bits per heavy atom. The van der Waals surface area contributed by atoms with Crippen molar-refractivity contribution in [3.05, 3.63) is 29.8 Å². The number of likely N-dealkylation sites (N-methyl/N-ethyl adjacent to an activating group) is 1. The zero-order valence-electron chi connectivity index (χ0n) is 20.3. The summed E-state index contributed by atoms with van der Waals surface area (Å²) in [4.78, 5) is 24.9. The number of carbonyl (C=O) groups excluding carboxylic acids is 2. The number of benzene rings is 1. The average molecular weight is 495 g/mol. The van der Waals surface area contributed by atoms with Gasteiger partial charge in [0.15, 0.2) is 0 Å². The molecule has 1 aromatic rings.